The van der Waals surface area contributed by atoms with Crippen molar-refractivity contribution in [2.45, 2.75) is 0 Å². The van der Waals surface area contributed by atoms with Gasteiger partial charge in [0.05, 0.1) is 0 Å². The van der Waals surface area contributed by atoms with E-state index in [1.807, 2.05) is 0 Å². The SMILES string of the molecule is O=S(=O)([O-])[O-].[NH4+].[Zr+2]. The molecule has 0 spiro atoms. The molecule has 0 heterocycles. The van der Waals surface area contributed by atoms with E-state index in [0.717, 1.165) is 0 Å². The van der Waals surface area contributed by atoms with Crippen LogP contribution in [0.5, 0.6) is 0 Å². The van der Waals surface area contributed by atoms with Crippen LogP contribution in [0.4, 0.5) is 0 Å². The van der Waals surface area contributed by atoms with Gasteiger partial charge in [-0.25, -0.2) is 0 Å². The first-order chi connectivity index (χ1) is 2.00. The Bertz CT molecular complexity index is 94.9. The fourth-order valence-electron chi connectivity index (χ4n) is 0. The summed E-state index contributed by atoms with van der Waals surface area (Å²) in [6, 6.07) is 0. The Labute approximate surface area is 60.4 Å². The summed E-state index contributed by atoms with van der Waals surface area (Å²) in [5.41, 5.74) is 0. The van der Waals surface area contributed by atoms with E-state index in [0.29, 0.717) is 0 Å². The van der Waals surface area contributed by atoms with Gasteiger partial charge >= 0.3 is 26.2 Å². The molecule has 0 aromatic carbocycles. The Hall–Kier alpha value is 0.713. The van der Waals surface area contributed by atoms with E-state index in [2.05, 4.69) is 0 Å². The summed E-state index contributed by atoms with van der Waals surface area (Å²) in [5, 5.41) is 0. The van der Waals surface area contributed by atoms with E-state index in [9.17, 15) is 0 Å². The van der Waals surface area contributed by atoms with Gasteiger partial charge in [0, 0.05) is 10.4 Å². The minimum atomic E-state index is -5.17. The normalized spacial score (nSPS) is 8.29. The molecular weight excluding hydrogens is 201 g/mol. The number of hydrogen-bond acceptors (Lipinski definition) is 4. The minimum Gasteiger partial charge on any atom is -0.759 e. The molecule has 0 saturated carbocycles. The zero-order valence-electron chi connectivity index (χ0n) is 3.54. The predicted octanol–water partition coefficient (Wildman–Crippen LogP) is -0.964. The molecule has 0 radical (unpaired) electrons. The van der Waals surface area contributed by atoms with Gasteiger partial charge in [-0.05, 0) is 0 Å². The summed E-state index contributed by atoms with van der Waals surface area (Å²) in [5.74, 6) is 0. The summed E-state index contributed by atoms with van der Waals surface area (Å²) in [6.45, 7) is 0. The predicted molar refractivity (Wildman–Crippen MR) is 16.5 cm³/mol. The third kappa shape index (κ3) is 293. The molecule has 0 fully saturated rings. The van der Waals surface area contributed by atoms with E-state index in [-0.39, 0.29) is 32.4 Å². The molecule has 42 valence electrons. The second-order valence-electron chi connectivity index (χ2n) is 0.408. The molecule has 0 rings (SSSR count). The van der Waals surface area contributed by atoms with Crippen LogP contribution in [0, 0.1) is 0 Å². The molecule has 5 nitrogen and oxygen atoms in total. The Kier molecular flexibility index (Phi) is 10.9. The quantitative estimate of drug-likeness (QED) is 0.404. The Morgan fingerprint density at radius 2 is 1.14 bits per heavy atom. The van der Waals surface area contributed by atoms with E-state index >= 15 is 0 Å². The van der Waals surface area contributed by atoms with Crippen LogP contribution in [-0.2, 0) is 36.6 Å². The van der Waals surface area contributed by atoms with Crippen molar-refractivity contribution in [3.63, 3.8) is 0 Å². The standard InChI is InChI=1S/H3N.H2O4S.Zr/c;1-5(2,3)4;/h1H3;(H2,1,2,3,4);/q;;+2/p-1. The van der Waals surface area contributed by atoms with Gasteiger partial charge in [-0.15, -0.1) is 0 Å². The van der Waals surface area contributed by atoms with Crippen molar-refractivity contribution in [1.29, 1.82) is 0 Å². The van der Waals surface area contributed by atoms with Gasteiger partial charge in [0.15, 0.2) is 0 Å². The van der Waals surface area contributed by atoms with Gasteiger partial charge in [-0.3, -0.25) is 8.42 Å². The molecule has 7 heavy (non-hydrogen) atoms. The molecule has 0 aliphatic heterocycles. The molecule has 0 atom stereocenters. The topological polar surface area (TPSA) is 117 Å². The molecule has 0 bridgehead atoms. The van der Waals surface area contributed by atoms with Crippen molar-refractivity contribution in [2.75, 3.05) is 0 Å². The zero-order valence-corrected chi connectivity index (χ0v) is 6.82. The Morgan fingerprint density at radius 1 is 1.14 bits per heavy atom. The smallest absolute Gasteiger partial charge is 0.759 e. The molecule has 0 aliphatic rings. The van der Waals surface area contributed by atoms with E-state index in [1.165, 1.54) is 0 Å². The summed E-state index contributed by atoms with van der Waals surface area (Å²) in [6.07, 6.45) is 0. The van der Waals surface area contributed by atoms with Gasteiger partial charge in [0.1, 0.15) is 0 Å². The van der Waals surface area contributed by atoms with E-state index in [4.69, 9.17) is 17.5 Å². The number of hydrogen-bond donors (Lipinski definition) is 1. The van der Waals surface area contributed by atoms with Crippen LogP contribution in [0.1, 0.15) is 0 Å². The third-order valence-corrected chi connectivity index (χ3v) is 0. The summed E-state index contributed by atoms with van der Waals surface area (Å²) >= 11 is 0. The van der Waals surface area contributed by atoms with Crippen LogP contribution in [0.2, 0.25) is 0 Å². The molecular formula is H4NO4SZr+. The first-order valence-corrected chi connectivity index (χ1v) is 2.00. The summed E-state index contributed by atoms with van der Waals surface area (Å²) in [4.78, 5) is 0. The monoisotopic (exact) mass is 204 g/mol. The third-order valence-electron chi connectivity index (χ3n) is 0. The van der Waals surface area contributed by atoms with Crippen LogP contribution < -0.4 is 6.15 Å². The van der Waals surface area contributed by atoms with Crippen molar-refractivity contribution >= 4 is 10.4 Å². The summed E-state index contributed by atoms with van der Waals surface area (Å²) < 4.78 is 34.1. The van der Waals surface area contributed by atoms with Gasteiger partial charge in [-0.1, -0.05) is 0 Å². The van der Waals surface area contributed by atoms with Crippen LogP contribution in [-0.4, -0.2) is 17.5 Å². The fraction of sp³-hybridized carbons (Fsp3) is 0. The Balaban J connectivity index is -0.0000000800. The molecule has 0 aliphatic carbocycles. The first kappa shape index (κ1) is 15.6. The average molecular weight is 205 g/mol. The summed E-state index contributed by atoms with van der Waals surface area (Å²) in [7, 11) is -5.17. The molecule has 0 aromatic heterocycles. The molecule has 0 amide bonds. The fourth-order valence-corrected chi connectivity index (χ4v) is 0. The second-order valence-corrected chi connectivity index (χ2v) is 1.22. The zero-order chi connectivity index (χ0) is 4.50. The second kappa shape index (κ2) is 4.86. The van der Waals surface area contributed by atoms with Crippen LogP contribution in [0.15, 0.2) is 0 Å². The number of rotatable bonds is 0. The minimum absolute atomic E-state index is 0. The van der Waals surface area contributed by atoms with Crippen LogP contribution >= 0.6 is 0 Å². The molecule has 7 heteroatoms. The van der Waals surface area contributed by atoms with Crippen molar-refractivity contribution in [3.05, 3.63) is 0 Å². The molecule has 0 unspecified atom stereocenters. The first-order valence-electron chi connectivity index (χ1n) is 0.667. The van der Waals surface area contributed by atoms with Gasteiger partial charge in [0.25, 0.3) is 0 Å². The maximum absolute atomic E-state index is 8.52. The molecule has 4 N–H and O–H groups in total. The Morgan fingerprint density at radius 3 is 1.14 bits per heavy atom. The van der Waals surface area contributed by atoms with Crippen molar-refractivity contribution < 1.29 is 43.7 Å². The molecule has 0 aromatic rings. The van der Waals surface area contributed by atoms with Crippen molar-refractivity contribution in [3.8, 4) is 0 Å². The van der Waals surface area contributed by atoms with Gasteiger partial charge in [0.2, 0.25) is 0 Å². The number of quaternary nitrogens is 1. The van der Waals surface area contributed by atoms with Gasteiger partial charge < -0.3 is 15.3 Å². The molecule has 0 saturated heterocycles. The largest absolute Gasteiger partial charge is 2.00 e. The maximum Gasteiger partial charge on any atom is 2.00 e. The van der Waals surface area contributed by atoms with E-state index in [1.54, 1.807) is 0 Å². The van der Waals surface area contributed by atoms with E-state index < -0.39 is 10.4 Å². The van der Waals surface area contributed by atoms with Crippen LogP contribution in [0.25, 0.3) is 0 Å². The van der Waals surface area contributed by atoms with Crippen molar-refractivity contribution in [2.24, 2.45) is 0 Å². The van der Waals surface area contributed by atoms with Gasteiger partial charge in [-0.2, -0.15) is 0 Å². The van der Waals surface area contributed by atoms with Crippen LogP contribution in [0.3, 0.4) is 0 Å². The average Bonchev–Trinajstić information content (AvgIpc) is 0.722. The van der Waals surface area contributed by atoms with Crippen molar-refractivity contribution in [1.82, 2.24) is 6.15 Å². The maximum atomic E-state index is 8.52.